The van der Waals surface area contributed by atoms with Gasteiger partial charge in [0.05, 0.1) is 19.5 Å². The summed E-state index contributed by atoms with van der Waals surface area (Å²) in [5.41, 5.74) is 2.55. The van der Waals surface area contributed by atoms with E-state index in [1.54, 1.807) is 12.5 Å². The molecule has 3 rings (SSSR count). The first-order valence-electron chi connectivity index (χ1n) is 7.58. The second-order valence-corrected chi connectivity index (χ2v) is 5.67. The molecule has 2 aromatic heterocycles. The lowest BCUT2D eigenvalue weighted by Gasteiger charge is -2.16. The predicted octanol–water partition coefficient (Wildman–Crippen LogP) is 1.16. The number of hydrogen-bond donors (Lipinski definition) is 1. The number of carbonyl (C=O) groups excluding carboxylic acids is 1. The quantitative estimate of drug-likeness (QED) is 0.899. The van der Waals surface area contributed by atoms with E-state index in [0.717, 1.165) is 17.7 Å². The third kappa shape index (κ3) is 2.89. The summed E-state index contributed by atoms with van der Waals surface area (Å²) >= 11 is 0. The highest BCUT2D eigenvalue weighted by Crippen LogP contribution is 2.23. The molecule has 3 heterocycles. The minimum Gasteiger partial charge on any atom is -0.376 e. The molecule has 2 aromatic rings. The number of carbonyl (C=O) groups is 1. The molecule has 7 heteroatoms. The van der Waals surface area contributed by atoms with Crippen molar-refractivity contribution >= 4 is 5.91 Å². The molecule has 0 fully saturated rings. The second kappa shape index (κ2) is 6.31. The molecular weight excluding hydrogens is 282 g/mol. The summed E-state index contributed by atoms with van der Waals surface area (Å²) in [4.78, 5) is 16.4. The number of nitrogens with one attached hydrogen (secondary N) is 1. The number of ether oxygens (including phenoxy) is 1. The normalized spacial score (nSPS) is 14.1. The zero-order valence-corrected chi connectivity index (χ0v) is 13.0. The van der Waals surface area contributed by atoms with Gasteiger partial charge in [0.15, 0.2) is 5.69 Å². The summed E-state index contributed by atoms with van der Waals surface area (Å²) in [6, 6.07) is 0.236. The van der Waals surface area contributed by atoms with Crippen LogP contribution in [0.25, 0.3) is 0 Å². The SMILES string of the molecule is CC(C)n1nc(C(=O)NCCn2ccnc2)c2c1CCOC2. The molecule has 0 saturated carbocycles. The summed E-state index contributed by atoms with van der Waals surface area (Å²) < 4.78 is 9.37. The Morgan fingerprint density at radius 3 is 3.09 bits per heavy atom. The highest BCUT2D eigenvalue weighted by molar-refractivity contribution is 5.94. The molecule has 0 aromatic carbocycles. The number of hydrogen-bond acceptors (Lipinski definition) is 4. The second-order valence-electron chi connectivity index (χ2n) is 5.67. The molecule has 7 nitrogen and oxygen atoms in total. The van der Waals surface area contributed by atoms with Crippen LogP contribution >= 0.6 is 0 Å². The van der Waals surface area contributed by atoms with Crippen molar-refractivity contribution in [1.29, 1.82) is 0 Å². The first kappa shape index (κ1) is 14.8. The van der Waals surface area contributed by atoms with Gasteiger partial charge in [-0.1, -0.05) is 0 Å². The van der Waals surface area contributed by atoms with Gasteiger partial charge in [-0.15, -0.1) is 0 Å². The van der Waals surface area contributed by atoms with Gasteiger partial charge in [-0.3, -0.25) is 9.48 Å². The summed E-state index contributed by atoms with van der Waals surface area (Å²) in [6.45, 7) is 6.53. The van der Waals surface area contributed by atoms with Crippen LogP contribution in [-0.2, 0) is 24.3 Å². The maximum atomic E-state index is 12.4. The van der Waals surface area contributed by atoms with Gasteiger partial charge < -0.3 is 14.6 Å². The molecule has 1 aliphatic rings. The van der Waals surface area contributed by atoms with Crippen LogP contribution in [0.5, 0.6) is 0 Å². The van der Waals surface area contributed by atoms with Crippen molar-refractivity contribution in [3.05, 3.63) is 35.7 Å². The molecule has 1 N–H and O–H groups in total. The van der Waals surface area contributed by atoms with Crippen molar-refractivity contribution in [2.24, 2.45) is 0 Å². The van der Waals surface area contributed by atoms with Gasteiger partial charge in [0.1, 0.15) is 0 Å². The van der Waals surface area contributed by atoms with Gasteiger partial charge in [0.25, 0.3) is 5.91 Å². The van der Waals surface area contributed by atoms with E-state index in [-0.39, 0.29) is 11.9 Å². The molecule has 0 spiro atoms. The number of amides is 1. The van der Waals surface area contributed by atoms with Crippen LogP contribution in [0.1, 0.15) is 41.6 Å². The highest BCUT2D eigenvalue weighted by Gasteiger charge is 2.26. The van der Waals surface area contributed by atoms with Gasteiger partial charge >= 0.3 is 0 Å². The van der Waals surface area contributed by atoms with Crippen molar-refractivity contribution in [2.75, 3.05) is 13.2 Å². The highest BCUT2D eigenvalue weighted by atomic mass is 16.5. The molecule has 0 aliphatic carbocycles. The van der Waals surface area contributed by atoms with Crippen LogP contribution in [0.15, 0.2) is 18.7 Å². The first-order chi connectivity index (χ1) is 10.7. The van der Waals surface area contributed by atoms with E-state index in [4.69, 9.17) is 4.74 Å². The number of imidazole rings is 1. The number of aromatic nitrogens is 4. The fourth-order valence-electron chi connectivity index (χ4n) is 2.67. The fraction of sp³-hybridized carbons (Fsp3) is 0.533. The smallest absolute Gasteiger partial charge is 0.272 e. The molecule has 1 amide bonds. The molecule has 22 heavy (non-hydrogen) atoms. The maximum absolute atomic E-state index is 12.4. The fourth-order valence-corrected chi connectivity index (χ4v) is 2.67. The zero-order chi connectivity index (χ0) is 15.5. The van der Waals surface area contributed by atoms with E-state index in [0.29, 0.717) is 32.0 Å². The van der Waals surface area contributed by atoms with E-state index in [9.17, 15) is 4.79 Å². The van der Waals surface area contributed by atoms with E-state index in [1.807, 2.05) is 15.4 Å². The van der Waals surface area contributed by atoms with Crippen LogP contribution in [0, 0.1) is 0 Å². The minimum absolute atomic E-state index is 0.138. The maximum Gasteiger partial charge on any atom is 0.272 e. The average molecular weight is 303 g/mol. The molecule has 0 radical (unpaired) electrons. The largest absolute Gasteiger partial charge is 0.376 e. The van der Waals surface area contributed by atoms with Crippen LogP contribution in [-0.4, -0.2) is 38.4 Å². The Bertz CT molecular complexity index is 645. The number of rotatable bonds is 5. The molecule has 1 aliphatic heterocycles. The molecule has 0 bridgehead atoms. The Morgan fingerprint density at radius 2 is 2.36 bits per heavy atom. The molecule has 0 unspecified atom stereocenters. The first-order valence-corrected chi connectivity index (χ1v) is 7.58. The van der Waals surface area contributed by atoms with Crippen LogP contribution in [0.4, 0.5) is 0 Å². The predicted molar refractivity (Wildman–Crippen MR) is 80.5 cm³/mol. The third-order valence-corrected chi connectivity index (χ3v) is 3.77. The van der Waals surface area contributed by atoms with Gasteiger partial charge in [-0.25, -0.2) is 4.98 Å². The topological polar surface area (TPSA) is 74.0 Å². The van der Waals surface area contributed by atoms with Gasteiger partial charge in [-0.05, 0) is 13.8 Å². The van der Waals surface area contributed by atoms with Crippen LogP contribution < -0.4 is 5.32 Å². The summed E-state index contributed by atoms with van der Waals surface area (Å²) in [5, 5.41) is 7.43. The minimum atomic E-state index is -0.138. The summed E-state index contributed by atoms with van der Waals surface area (Å²) in [6.07, 6.45) is 6.13. The Balaban J connectivity index is 1.71. The lowest BCUT2D eigenvalue weighted by atomic mass is 10.1. The monoisotopic (exact) mass is 303 g/mol. The molecule has 0 saturated heterocycles. The Labute approximate surface area is 129 Å². The standard InChI is InChI=1S/C15H21N5O2/c1-11(2)20-13-3-8-22-9-12(13)14(18-20)15(21)17-5-7-19-6-4-16-10-19/h4,6,10-11H,3,5,7-9H2,1-2H3,(H,17,21). The van der Waals surface area contributed by atoms with E-state index in [1.165, 1.54) is 0 Å². The van der Waals surface area contributed by atoms with E-state index >= 15 is 0 Å². The van der Waals surface area contributed by atoms with E-state index < -0.39 is 0 Å². The molecule has 118 valence electrons. The Morgan fingerprint density at radius 1 is 1.50 bits per heavy atom. The van der Waals surface area contributed by atoms with Gasteiger partial charge in [-0.2, -0.15) is 5.10 Å². The Kier molecular flexibility index (Phi) is 4.24. The average Bonchev–Trinajstić information content (AvgIpc) is 3.14. The molecule has 0 atom stereocenters. The number of fused-ring (bicyclic) bond motifs is 1. The third-order valence-electron chi connectivity index (χ3n) is 3.77. The summed E-state index contributed by atoms with van der Waals surface area (Å²) in [5.74, 6) is -0.138. The Hall–Kier alpha value is -2.15. The molecular formula is C15H21N5O2. The van der Waals surface area contributed by atoms with Crippen LogP contribution in [0.2, 0.25) is 0 Å². The van der Waals surface area contributed by atoms with Gasteiger partial charge in [0, 0.05) is 49.2 Å². The van der Waals surface area contributed by atoms with Crippen molar-refractivity contribution in [3.8, 4) is 0 Å². The zero-order valence-electron chi connectivity index (χ0n) is 13.0. The number of nitrogens with zero attached hydrogens (tertiary/aromatic N) is 4. The van der Waals surface area contributed by atoms with Crippen molar-refractivity contribution in [2.45, 2.75) is 39.5 Å². The van der Waals surface area contributed by atoms with Crippen LogP contribution in [0.3, 0.4) is 0 Å². The van der Waals surface area contributed by atoms with Crippen molar-refractivity contribution in [3.63, 3.8) is 0 Å². The summed E-state index contributed by atoms with van der Waals surface area (Å²) in [7, 11) is 0. The lowest BCUT2D eigenvalue weighted by molar-refractivity contribution is 0.0923. The van der Waals surface area contributed by atoms with Crippen molar-refractivity contribution < 1.29 is 9.53 Å². The van der Waals surface area contributed by atoms with E-state index in [2.05, 4.69) is 29.2 Å². The van der Waals surface area contributed by atoms with Gasteiger partial charge in [0.2, 0.25) is 0 Å². The van der Waals surface area contributed by atoms with Crippen molar-refractivity contribution in [1.82, 2.24) is 24.6 Å². The lowest BCUT2D eigenvalue weighted by Crippen LogP contribution is -2.28.